The standard InChI is InChI=1S/C21H24N4O3S/c1-14-5-6-16(15(2)11-14)12-20(26)24(10-9-23(3)4)21-22-18-8-7-17(25(27)28)13-19(18)29-21/h5-8,11,13H,9-10,12H2,1-4H3. The number of non-ortho nitro benzene ring substituents is 1. The van der Waals surface area contributed by atoms with Crippen molar-refractivity contribution < 1.29 is 9.72 Å². The number of thiazole rings is 1. The average Bonchev–Trinajstić information content (AvgIpc) is 3.06. The number of aryl methyl sites for hydroxylation is 2. The highest BCUT2D eigenvalue weighted by atomic mass is 32.1. The third kappa shape index (κ3) is 4.96. The van der Waals surface area contributed by atoms with E-state index in [-0.39, 0.29) is 18.0 Å². The molecule has 1 heterocycles. The lowest BCUT2D eigenvalue weighted by Gasteiger charge is -2.22. The highest BCUT2D eigenvalue weighted by molar-refractivity contribution is 7.22. The second-order valence-electron chi connectivity index (χ2n) is 7.36. The highest BCUT2D eigenvalue weighted by Gasteiger charge is 2.21. The van der Waals surface area contributed by atoms with Crippen molar-refractivity contribution in [3.05, 3.63) is 63.2 Å². The van der Waals surface area contributed by atoms with E-state index in [4.69, 9.17) is 0 Å². The van der Waals surface area contributed by atoms with Gasteiger partial charge in [-0.05, 0) is 45.1 Å². The number of anilines is 1. The molecule has 0 atom stereocenters. The molecular formula is C21H24N4O3S. The molecule has 0 fully saturated rings. The first kappa shape index (κ1) is 20.9. The Morgan fingerprint density at radius 1 is 1.14 bits per heavy atom. The van der Waals surface area contributed by atoms with E-state index in [1.165, 1.54) is 23.5 Å². The lowest BCUT2D eigenvalue weighted by molar-refractivity contribution is -0.384. The second-order valence-corrected chi connectivity index (χ2v) is 8.37. The van der Waals surface area contributed by atoms with Crippen LogP contribution in [-0.4, -0.2) is 47.9 Å². The first-order valence-corrected chi connectivity index (χ1v) is 10.1. The SMILES string of the molecule is Cc1ccc(CC(=O)N(CCN(C)C)c2nc3ccc([N+](=O)[O-])cc3s2)c(C)c1. The predicted molar refractivity (Wildman–Crippen MR) is 117 cm³/mol. The molecule has 152 valence electrons. The summed E-state index contributed by atoms with van der Waals surface area (Å²) >= 11 is 1.31. The summed E-state index contributed by atoms with van der Waals surface area (Å²) in [4.78, 5) is 32.1. The molecule has 0 saturated heterocycles. The number of hydrogen-bond acceptors (Lipinski definition) is 6. The van der Waals surface area contributed by atoms with E-state index in [2.05, 4.69) is 11.1 Å². The van der Waals surface area contributed by atoms with Crippen molar-refractivity contribution in [1.29, 1.82) is 0 Å². The number of nitro benzene ring substituents is 1. The highest BCUT2D eigenvalue weighted by Crippen LogP contribution is 2.32. The lowest BCUT2D eigenvalue weighted by Crippen LogP contribution is -2.37. The number of rotatable bonds is 7. The molecule has 2 aromatic carbocycles. The number of carbonyl (C=O) groups excluding carboxylic acids is 1. The number of nitrogens with zero attached hydrogens (tertiary/aromatic N) is 4. The molecule has 0 aliphatic heterocycles. The van der Waals surface area contributed by atoms with E-state index < -0.39 is 4.92 Å². The van der Waals surface area contributed by atoms with Gasteiger partial charge in [0.05, 0.1) is 21.6 Å². The Labute approximate surface area is 173 Å². The summed E-state index contributed by atoms with van der Waals surface area (Å²) in [6.07, 6.45) is 0.287. The van der Waals surface area contributed by atoms with Gasteiger partial charge < -0.3 is 4.90 Å². The van der Waals surface area contributed by atoms with Gasteiger partial charge in [-0.1, -0.05) is 35.1 Å². The molecule has 8 heteroatoms. The first-order chi connectivity index (χ1) is 13.7. The maximum atomic E-state index is 13.2. The Kier molecular flexibility index (Phi) is 6.24. The van der Waals surface area contributed by atoms with Crippen molar-refractivity contribution in [2.24, 2.45) is 0 Å². The van der Waals surface area contributed by atoms with Gasteiger partial charge in [-0.15, -0.1) is 0 Å². The van der Waals surface area contributed by atoms with Crippen molar-refractivity contribution in [3.8, 4) is 0 Å². The lowest BCUT2D eigenvalue weighted by atomic mass is 10.0. The summed E-state index contributed by atoms with van der Waals surface area (Å²) in [5.41, 5.74) is 3.92. The van der Waals surface area contributed by atoms with Gasteiger partial charge in [0.2, 0.25) is 5.91 Å². The maximum absolute atomic E-state index is 13.2. The van der Waals surface area contributed by atoms with Crippen molar-refractivity contribution in [2.75, 3.05) is 32.1 Å². The van der Waals surface area contributed by atoms with Crippen LogP contribution in [0.2, 0.25) is 0 Å². The zero-order valence-electron chi connectivity index (χ0n) is 17.0. The van der Waals surface area contributed by atoms with Crippen LogP contribution in [0.5, 0.6) is 0 Å². The molecule has 0 saturated carbocycles. The molecule has 0 spiro atoms. The van der Waals surface area contributed by atoms with E-state index in [9.17, 15) is 14.9 Å². The number of fused-ring (bicyclic) bond motifs is 1. The number of aromatic nitrogens is 1. The van der Waals surface area contributed by atoms with E-state index >= 15 is 0 Å². The van der Waals surface area contributed by atoms with Crippen LogP contribution in [0.1, 0.15) is 16.7 Å². The summed E-state index contributed by atoms with van der Waals surface area (Å²) < 4.78 is 0.698. The monoisotopic (exact) mass is 412 g/mol. The Hall–Kier alpha value is -2.84. The van der Waals surface area contributed by atoms with Gasteiger partial charge in [0.1, 0.15) is 0 Å². The van der Waals surface area contributed by atoms with Crippen LogP contribution in [0.25, 0.3) is 10.2 Å². The maximum Gasteiger partial charge on any atom is 0.270 e. The molecule has 7 nitrogen and oxygen atoms in total. The summed E-state index contributed by atoms with van der Waals surface area (Å²) in [6.45, 7) is 5.23. The fourth-order valence-corrected chi connectivity index (χ4v) is 4.10. The Bertz CT molecular complexity index is 1060. The Morgan fingerprint density at radius 3 is 2.55 bits per heavy atom. The molecule has 0 aliphatic carbocycles. The molecule has 3 aromatic rings. The molecule has 0 bridgehead atoms. The number of carbonyl (C=O) groups is 1. The largest absolute Gasteiger partial charge is 0.308 e. The quantitative estimate of drug-likeness (QED) is 0.433. The number of hydrogen-bond donors (Lipinski definition) is 0. The van der Waals surface area contributed by atoms with Crippen LogP contribution in [0, 0.1) is 24.0 Å². The van der Waals surface area contributed by atoms with Gasteiger partial charge in [0, 0.05) is 25.2 Å². The summed E-state index contributed by atoms with van der Waals surface area (Å²) in [6, 6.07) is 10.7. The van der Waals surface area contributed by atoms with Crippen LogP contribution in [-0.2, 0) is 11.2 Å². The molecule has 0 aliphatic rings. The van der Waals surface area contributed by atoms with Gasteiger partial charge in [-0.3, -0.25) is 19.8 Å². The van der Waals surface area contributed by atoms with Crippen LogP contribution in [0.3, 0.4) is 0 Å². The molecule has 1 amide bonds. The molecule has 0 N–H and O–H groups in total. The number of benzene rings is 2. The van der Waals surface area contributed by atoms with E-state index in [1.807, 2.05) is 45.0 Å². The van der Waals surface area contributed by atoms with Crippen LogP contribution >= 0.6 is 11.3 Å². The normalized spacial score (nSPS) is 11.2. The molecule has 0 unspecified atom stereocenters. The topological polar surface area (TPSA) is 79.6 Å². The zero-order chi connectivity index (χ0) is 21.1. The van der Waals surface area contributed by atoms with Crippen molar-refractivity contribution in [3.63, 3.8) is 0 Å². The van der Waals surface area contributed by atoms with Gasteiger partial charge in [-0.25, -0.2) is 4.98 Å². The van der Waals surface area contributed by atoms with Crippen molar-refractivity contribution in [1.82, 2.24) is 9.88 Å². The fourth-order valence-electron chi connectivity index (χ4n) is 3.06. The fraction of sp³-hybridized carbons (Fsp3) is 0.333. The molecule has 1 aromatic heterocycles. The number of amides is 1. The van der Waals surface area contributed by atoms with Crippen molar-refractivity contribution in [2.45, 2.75) is 20.3 Å². The van der Waals surface area contributed by atoms with Gasteiger partial charge in [0.15, 0.2) is 5.13 Å². The van der Waals surface area contributed by atoms with Crippen molar-refractivity contribution >= 4 is 38.3 Å². The minimum Gasteiger partial charge on any atom is -0.308 e. The molecule has 0 radical (unpaired) electrons. The summed E-state index contributed by atoms with van der Waals surface area (Å²) in [7, 11) is 3.91. The zero-order valence-corrected chi connectivity index (χ0v) is 17.8. The van der Waals surface area contributed by atoms with Gasteiger partial charge >= 0.3 is 0 Å². The Balaban J connectivity index is 1.92. The van der Waals surface area contributed by atoms with Gasteiger partial charge in [0.25, 0.3) is 5.69 Å². The number of likely N-dealkylation sites (N-methyl/N-ethyl adjacent to an activating group) is 1. The van der Waals surface area contributed by atoms with Crippen LogP contribution < -0.4 is 4.90 Å². The minimum absolute atomic E-state index is 0.0224. The Morgan fingerprint density at radius 2 is 1.90 bits per heavy atom. The first-order valence-electron chi connectivity index (χ1n) is 9.31. The molecule has 29 heavy (non-hydrogen) atoms. The molecule has 3 rings (SSSR count). The van der Waals surface area contributed by atoms with E-state index in [0.29, 0.717) is 28.4 Å². The predicted octanol–water partition coefficient (Wildman–Crippen LogP) is 3.96. The second kappa shape index (κ2) is 8.67. The summed E-state index contributed by atoms with van der Waals surface area (Å²) in [5.74, 6) is -0.0349. The smallest absolute Gasteiger partial charge is 0.270 e. The van der Waals surface area contributed by atoms with Crippen LogP contribution in [0.15, 0.2) is 36.4 Å². The number of nitro groups is 1. The molecular weight excluding hydrogens is 388 g/mol. The van der Waals surface area contributed by atoms with E-state index in [0.717, 1.165) is 16.7 Å². The van der Waals surface area contributed by atoms with Crippen LogP contribution in [0.4, 0.5) is 10.8 Å². The minimum atomic E-state index is -0.423. The summed E-state index contributed by atoms with van der Waals surface area (Å²) in [5, 5.41) is 11.6. The van der Waals surface area contributed by atoms with Gasteiger partial charge in [-0.2, -0.15) is 0 Å². The van der Waals surface area contributed by atoms with E-state index in [1.54, 1.807) is 11.0 Å². The third-order valence-electron chi connectivity index (χ3n) is 4.71. The average molecular weight is 413 g/mol. The third-order valence-corrected chi connectivity index (χ3v) is 5.76.